The van der Waals surface area contributed by atoms with Gasteiger partial charge in [-0.1, -0.05) is 76.6 Å². The highest BCUT2D eigenvalue weighted by Crippen LogP contribution is 2.59. The van der Waals surface area contributed by atoms with E-state index in [9.17, 15) is 19.5 Å². The lowest BCUT2D eigenvalue weighted by atomic mass is 9.74. The number of carbonyl (C=O) groups is 4. The van der Waals surface area contributed by atoms with Gasteiger partial charge < -0.3 is 29.7 Å². The third-order valence-electron chi connectivity index (χ3n) is 9.79. The van der Waals surface area contributed by atoms with Gasteiger partial charge in [-0.15, -0.1) is 0 Å². The van der Waals surface area contributed by atoms with Crippen LogP contribution in [0.2, 0.25) is 0 Å². The average molecular weight is 707 g/mol. The number of aliphatic hydroxyl groups is 1. The molecule has 2 fully saturated rings. The fourth-order valence-electron chi connectivity index (χ4n) is 7.66. The Morgan fingerprint density at radius 2 is 1.70 bits per heavy atom. The normalized spacial score (nSPS) is 32.5. The number of cyclic esters (lactones) is 1. The fraction of sp³-hybridized carbons (Fsp3) is 0.444. The molecule has 0 aromatic heterocycles. The fourth-order valence-corrected chi connectivity index (χ4v) is 8.39. The minimum absolute atomic E-state index is 0.172. The highest BCUT2D eigenvalue weighted by molar-refractivity contribution is 9.11. The quantitative estimate of drug-likeness (QED) is 0.364. The van der Waals surface area contributed by atoms with E-state index in [1.54, 1.807) is 24.8 Å². The van der Waals surface area contributed by atoms with Crippen molar-refractivity contribution in [1.29, 1.82) is 0 Å². The number of benzene rings is 2. The van der Waals surface area contributed by atoms with E-state index in [1.165, 1.54) is 4.90 Å². The molecular weight excluding hydrogens is 666 g/mol. The summed E-state index contributed by atoms with van der Waals surface area (Å²) in [5.41, 5.74) is 1.64. The highest BCUT2D eigenvalue weighted by Gasteiger charge is 2.75. The van der Waals surface area contributed by atoms with Crippen molar-refractivity contribution in [3.05, 3.63) is 87.9 Å². The number of halogens is 1. The van der Waals surface area contributed by atoms with E-state index < -0.39 is 72.2 Å². The van der Waals surface area contributed by atoms with Crippen molar-refractivity contribution in [2.24, 2.45) is 11.8 Å². The number of anilines is 1. The maximum absolute atomic E-state index is 15.0. The number of para-hydroxylation sites is 1. The summed E-state index contributed by atoms with van der Waals surface area (Å²) >= 11 is 3.59. The second-order valence-electron chi connectivity index (χ2n) is 12.9. The van der Waals surface area contributed by atoms with Gasteiger partial charge in [-0.2, -0.15) is 0 Å². The van der Waals surface area contributed by atoms with Crippen LogP contribution in [0.5, 0.6) is 0 Å². The van der Waals surface area contributed by atoms with Gasteiger partial charge in [0, 0.05) is 23.1 Å². The molecule has 4 heterocycles. The summed E-state index contributed by atoms with van der Waals surface area (Å²) in [6.07, 6.45) is 4.39. The highest BCUT2D eigenvalue weighted by atomic mass is 79.9. The molecule has 1 spiro atoms. The first-order chi connectivity index (χ1) is 22.5. The van der Waals surface area contributed by atoms with Gasteiger partial charge in [0.25, 0.3) is 5.91 Å². The number of esters is 1. The molecule has 248 valence electrons. The SMILES string of the molecule is Cc1cccc(C)c1N1C/C=C\CCC(=O)N[C@@H](C)[C@H](c2ccccc2)OC(=O)[C@H]2[C@@H]3O[C@@]4(C=C3Br)[C@@H]2C(=O)N([C@H](C)CO)[C@@H]4C1=O. The Bertz CT molecular complexity index is 1620. The number of allylic oxidation sites excluding steroid dienone is 1. The van der Waals surface area contributed by atoms with Gasteiger partial charge in [-0.05, 0) is 56.9 Å². The number of nitrogens with one attached hydrogen (secondary N) is 1. The molecule has 0 radical (unpaired) electrons. The molecule has 2 aromatic carbocycles. The number of hydrogen-bond donors (Lipinski definition) is 2. The van der Waals surface area contributed by atoms with Crippen molar-refractivity contribution >= 4 is 45.3 Å². The van der Waals surface area contributed by atoms with E-state index in [0.717, 1.165) is 11.1 Å². The summed E-state index contributed by atoms with van der Waals surface area (Å²) in [4.78, 5) is 59.9. The van der Waals surface area contributed by atoms with Gasteiger partial charge in [-0.3, -0.25) is 19.2 Å². The standard InChI is InChI=1S/C36H40BrN3O7/c1-20-12-11-13-21(2)29(20)39-17-10-6-9-16-26(42)38-23(4)30(24-14-7-5-8-15-24)46-35(45)27-28-33(43)40(22(3)19-41)32(34(39)44)36(28)18-25(37)31(27)47-36/h5-8,10-15,18,22-23,27-28,30-32,41H,9,16-17,19H2,1-4H3,(H,38,42)/b10-6-/t22-,23+,27-,28+,30-,31-,32-,36+/m1/s1. The maximum atomic E-state index is 15.0. The van der Waals surface area contributed by atoms with Crippen LogP contribution in [0.25, 0.3) is 0 Å². The molecule has 3 amide bonds. The number of nitrogens with zero attached hydrogens (tertiary/aromatic N) is 2. The molecule has 10 nitrogen and oxygen atoms in total. The van der Waals surface area contributed by atoms with Gasteiger partial charge in [0.15, 0.2) is 0 Å². The Hall–Kier alpha value is -3.80. The van der Waals surface area contributed by atoms with E-state index in [0.29, 0.717) is 22.2 Å². The summed E-state index contributed by atoms with van der Waals surface area (Å²) in [6.45, 7) is 7.09. The van der Waals surface area contributed by atoms with Crippen LogP contribution in [0, 0.1) is 25.7 Å². The topological polar surface area (TPSA) is 125 Å². The lowest BCUT2D eigenvalue weighted by Crippen LogP contribution is -2.58. The van der Waals surface area contributed by atoms with Crippen molar-refractivity contribution in [1.82, 2.24) is 10.2 Å². The van der Waals surface area contributed by atoms with E-state index in [4.69, 9.17) is 9.47 Å². The molecule has 0 unspecified atom stereocenters. The lowest BCUT2D eigenvalue weighted by Gasteiger charge is -2.38. The lowest BCUT2D eigenvalue weighted by molar-refractivity contribution is -0.161. The van der Waals surface area contributed by atoms with Gasteiger partial charge in [-0.25, -0.2) is 0 Å². The average Bonchev–Trinajstić information content (AvgIpc) is 3.64. The molecule has 2 saturated heterocycles. The first-order valence-corrected chi connectivity index (χ1v) is 16.9. The van der Waals surface area contributed by atoms with E-state index >= 15 is 4.79 Å². The van der Waals surface area contributed by atoms with Crippen LogP contribution in [-0.4, -0.2) is 76.7 Å². The summed E-state index contributed by atoms with van der Waals surface area (Å²) < 4.78 is 13.4. The number of ether oxygens (including phenoxy) is 2. The molecule has 11 heteroatoms. The molecular formula is C36H40BrN3O7. The number of rotatable bonds is 4. The monoisotopic (exact) mass is 705 g/mol. The molecule has 0 saturated carbocycles. The predicted octanol–water partition coefficient (Wildman–Crippen LogP) is 4.03. The zero-order chi connectivity index (χ0) is 33.6. The van der Waals surface area contributed by atoms with Crippen LogP contribution in [0.3, 0.4) is 0 Å². The summed E-state index contributed by atoms with van der Waals surface area (Å²) in [6, 6.07) is 12.4. The summed E-state index contributed by atoms with van der Waals surface area (Å²) in [5, 5.41) is 13.3. The third-order valence-corrected chi connectivity index (χ3v) is 10.5. The Morgan fingerprint density at radius 3 is 2.38 bits per heavy atom. The summed E-state index contributed by atoms with van der Waals surface area (Å²) in [5.74, 6) is -3.88. The largest absolute Gasteiger partial charge is 0.455 e. The van der Waals surface area contributed by atoms with Crippen molar-refractivity contribution in [3.8, 4) is 0 Å². The first-order valence-electron chi connectivity index (χ1n) is 16.1. The molecule has 2 aromatic rings. The Balaban J connectivity index is 1.50. The number of hydrogen-bond acceptors (Lipinski definition) is 7. The number of aliphatic hydroxyl groups excluding tert-OH is 1. The Labute approximate surface area is 282 Å². The van der Waals surface area contributed by atoms with Crippen LogP contribution in [0.4, 0.5) is 5.69 Å². The maximum Gasteiger partial charge on any atom is 0.313 e. The van der Waals surface area contributed by atoms with E-state index in [-0.39, 0.29) is 18.9 Å². The van der Waals surface area contributed by atoms with Crippen LogP contribution in [0.15, 0.2) is 71.2 Å². The van der Waals surface area contributed by atoms with Crippen LogP contribution in [-0.2, 0) is 28.7 Å². The Morgan fingerprint density at radius 1 is 1.00 bits per heavy atom. The first kappa shape index (κ1) is 33.1. The third kappa shape index (κ3) is 5.62. The Kier molecular flexibility index (Phi) is 9.17. The minimum atomic E-state index is -1.49. The van der Waals surface area contributed by atoms with Crippen molar-refractivity contribution in [3.63, 3.8) is 0 Å². The number of fused-ring (bicyclic) bond motifs is 2. The zero-order valence-corrected chi connectivity index (χ0v) is 28.5. The van der Waals surface area contributed by atoms with Crippen LogP contribution < -0.4 is 10.2 Å². The summed E-state index contributed by atoms with van der Waals surface area (Å²) in [7, 11) is 0. The smallest absolute Gasteiger partial charge is 0.313 e. The predicted molar refractivity (Wildman–Crippen MR) is 178 cm³/mol. The van der Waals surface area contributed by atoms with Crippen molar-refractivity contribution in [2.75, 3.05) is 18.1 Å². The van der Waals surface area contributed by atoms with Crippen molar-refractivity contribution < 1.29 is 33.8 Å². The minimum Gasteiger partial charge on any atom is -0.455 e. The van der Waals surface area contributed by atoms with Gasteiger partial charge in [0.05, 0.1) is 24.6 Å². The second kappa shape index (κ2) is 13.0. The number of aryl methyl sites for hydroxylation is 2. The van der Waals surface area contributed by atoms with Crippen LogP contribution in [0.1, 0.15) is 49.5 Å². The number of likely N-dealkylation sites (tertiary alicyclic amines) is 1. The van der Waals surface area contributed by atoms with Gasteiger partial charge in [0.2, 0.25) is 11.8 Å². The molecule has 47 heavy (non-hydrogen) atoms. The number of carbonyl (C=O) groups excluding carboxylic acids is 4. The molecule has 0 aliphatic carbocycles. The van der Waals surface area contributed by atoms with Crippen LogP contribution >= 0.6 is 15.9 Å². The van der Waals surface area contributed by atoms with Gasteiger partial charge in [0.1, 0.15) is 29.8 Å². The molecule has 6 rings (SSSR count). The molecule has 4 aliphatic rings. The van der Waals surface area contributed by atoms with Gasteiger partial charge >= 0.3 is 5.97 Å². The molecule has 8 atom stereocenters. The zero-order valence-electron chi connectivity index (χ0n) is 26.9. The molecule has 4 aliphatic heterocycles. The second-order valence-corrected chi connectivity index (χ2v) is 13.8. The molecule has 2 N–H and O–H groups in total. The molecule has 5 bridgehead atoms. The van der Waals surface area contributed by atoms with E-state index in [2.05, 4.69) is 21.2 Å². The van der Waals surface area contributed by atoms with Crippen molar-refractivity contribution in [2.45, 2.75) is 76.5 Å². The van der Waals surface area contributed by atoms with E-state index in [1.807, 2.05) is 74.5 Å². The number of amides is 3.